The highest BCUT2D eigenvalue weighted by atomic mass is 19.1. The van der Waals surface area contributed by atoms with E-state index in [1.165, 1.54) is 11.0 Å². The average Bonchev–Trinajstić information content (AvgIpc) is 2.80. The van der Waals surface area contributed by atoms with E-state index in [9.17, 15) is 9.18 Å². The van der Waals surface area contributed by atoms with E-state index >= 15 is 0 Å². The molecule has 1 aliphatic rings. The number of aryl methyl sites for hydroxylation is 2. The molecule has 0 aliphatic carbocycles. The summed E-state index contributed by atoms with van der Waals surface area (Å²) in [7, 11) is 1.89. The first-order valence-corrected chi connectivity index (χ1v) is 8.12. The molecule has 1 aromatic carbocycles. The van der Waals surface area contributed by atoms with Crippen LogP contribution < -0.4 is 9.64 Å². The van der Waals surface area contributed by atoms with Gasteiger partial charge in [0.15, 0.2) is 5.82 Å². The first kappa shape index (κ1) is 16.5. The fraction of sp³-hybridized carbons (Fsp3) is 0.444. The summed E-state index contributed by atoms with van der Waals surface area (Å²) in [6.45, 7) is 6.56. The monoisotopic (exact) mass is 331 g/mol. The van der Waals surface area contributed by atoms with E-state index in [4.69, 9.17) is 4.74 Å². The van der Waals surface area contributed by atoms with Crippen LogP contribution in [0.4, 0.5) is 10.1 Å². The van der Waals surface area contributed by atoms with Crippen LogP contribution in [0.25, 0.3) is 0 Å². The van der Waals surface area contributed by atoms with E-state index in [1.54, 1.807) is 12.1 Å². The van der Waals surface area contributed by atoms with Crippen molar-refractivity contribution in [2.45, 2.75) is 27.2 Å². The minimum atomic E-state index is -0.429. The summed E-state index contributed by atoms with van der Waals surface area (Å²) in [4.78, 5) is 14.4. The molecule has 0 bridgehead atoms. The normalized spacial score (nSPS) is 15.0. The lowest BCUT2D eigenvalue weighted by Gasteiger charge is -2.31. The molecule has 0 saturated heterocycles. The maximum atomic E-state index is 14.2. The molecule has 24 heavy (non-hydrogen) atoms. The highest BCUT2D eigenvalue weighted by molar-refractivity contribution is 5.97. The number of para-hydroxylation sites is 1. The molecule has 5 nitrogen and oxygen atoms in total. The molecule has 2 aromatic rings. The van der Waals surface area contributed by atoms with Crippen molar-refractivity contribution in [3.05, 3.63) is 41.0 Å². The van der Waals surface area contributed by atoms with E-state index in [-0.39, 0.29) is 17.5 Å². The summed E-state index contributed by atoms with van der Waals surface area (Å²) < 4.78 is 21.5. The summed E-state index contributed by atoms with van der Waals surface area (Å²) in [6.07, 6.45) is 0.589. The Morgan fingerprint density at radius 1 is 1.42 bits per heavy atom. The zero-order valence-electron chi connectivity index (χ0n) is 14.5. The molecule has 3 rings (SSSR count). The minimum absolute atomic E-state index is 0.0905. The minimum Gasteiger partial charge on any atom is -0.489 e. The van der Waals surface area contributed by atoms with E-state index in [0.717, 1.165) is 17.0 Å². The van der Waals surface area contributed by atoms with Gasteiger partial charge in [-0.3, -0.25) is 9.48 Å². The SMILES string of the molecule is Cc1nn(C)c(C)c1CC(C)C(=O)N1CCOc2cccc(F)c21. The number of rotatable bonds is 3. The Morgan fingerprint density at radius 3 is 2.83 bits per heavy atom. The molecular formula is C18H22FN3O2. The Bertz CT molecular complexity index is 785. The number of hydrogen-bond acceptors (Lipinski definition) is 3. The Kier molecular flexibility index (Phi) is 4.30. The number of benzene rings is 1. The molecule has 0 fully saturated rings. The molecule has 1 atom stereocenters. The standard InChI is InChI=1S/C18H22FN3O2/c1-11(10-14-12(2)20-21(4)13(14)3)18(23)22-8-9-24-16-7-5-6-15(19)17(16)22/h5-7,11H,8-10H2,1-4H3. The lowest BCUT2D eigenvalue weighted by Crippen LogP contribution is -2.42. The third-order valence-corrected chi connectivity index (χ3v) is 4.65. The van der Waals surface area contributed by atoms with Crippen LogP contribution in [0, 0.1) is 25.6 Å². The summed E-state index contributed by atoms with van der Waals surface area (Å²) >= 11 is 0. The number of carbonyl (C=O) groups excluding carboxylic acids is 1. The molecule has 1 aliphatic heterocycles. The predicted octanol–water partition coefficient (Wildman–Crippen LogP) is 2.78. The number of aromatic nitrogens is 2. The zero-order valence-corrected chi connectivity index (χ0v) is 14.5. The Labute approximate surface area is 141 Å². The van der Waals surface area contributed by atoms with Crippen molar-refractivity contribution >= 4 is 11.6 Å². The van der Waals surface area contributed by atoms with Crippen LogP contribution >= 0.6 is 0 Å². The number of amides is 1. The first-order chi connectivity index (χ1) is 11.4. The number of carbonyl (C=O) groups is 1. The fourth-order valence-electron chi connectivity index (χ4n) is 3.23. The van der Waals surface area contributed by atoms with Gasteiger partial charge in [-0.25, -0.2) is 4.39 Å². The van der Waals surface area contributed by atoms with Gasteiger partial charge in [-0.1, -0.05) is 13.0 Å². The van der Waals surface area contributed by atoms with Crippen molar-refractivity contribution in [3.63, 3.8) is 0 Å². The van der Waals surface area contributed by atoms with Crippen molar-refractivity contribution in [1.29, 1.82) is 0 Å². The molecule has 0 spiro atoms. The third kappa shape index (κ3) is 2.77. The maximum absolute atomic E-state index is 14.2. The zero-order chi connectivity index (χ0) is 17.4. The van der Waals surface area contributed by atoms with Gasteiger partial charge in [-0.2, -0.15) is 5.10 Å². The highest BCUT2D eigenvalue weighted by Gasteiger charge is 2.30. The number of nitrogens with zero attached hydrogens (tertiary/aromatic N) is 3. The van der Waals surface area contributed by atoms with E-state index in [0.29, 0.717) is 25.3 Å². The fourth-order valence-corrected chi connectivity index (χ4v) is 3.23. The smallest absolute Gasteiger partial charge is 0.230 e. The number of anilines is 1. The van der Waals surface area contributed by atoms with Gasteiger partial charge in [0.1, 0.15) is 18.0 Å². The van der Waals surface area contributed by atoms with Gasteiger partial charge in [0.05, 0.1) is 12.2 Å². The second kappa shape index (κ2) is 6.26. The molecule has 1 unspecified atom stereocenters. The molecular weight excluding hydrogens is 309 g/mol. The van der Waals surface area contributed by atoms with Crippen LogP contribution in [0.2, 0.25) is 0 Å². The Hall–Kier alpha value is -2.37. The number of hydrogen-bond donors (Lipinski definition) is 0. The number of fused-ring (bicyclic) bond motifs is 1. The van der Waals surface area contributed by atoms with E-state index in [1.807, 2.05) is 32.5 Å². The van der Waals surface area contributed by atoms with Gasteiger partial charge < -0.3 is 9.64 Å². The lowest BCUT2D eigenvalue weighted by atomic mass is 9.97. The van der Waals surface area contributed by atoms with Gasteiger partial charge in [0.2, 0.25) is 5.91 Å². The predicted molar refractivity (Wildman–Crippen MR) is 89.8 cm³/mol. The highest BCUT2D eigenvalue weighted by Crippen LogP contribution is 2.35. The first-order valence-electron chi connectivity index (χ1n) is 8.12. The Balaban J connectivity index is 1.85. The summed E-state index contributed by atoms with van der Waals surface area (Å²) in [5.74, 6) is -0.360. The molecule has 0 radical (unpaired) electrons. The second-order valence-corrected chi connectivity index (χ2v) is 6.30. The summed E-state index contributed by atoms with van der Waals surface area (Å²) in [6, 6.07) is 4.64. The van der Waals surface area contributed by atoms with Crippen LogP contribution in [0.3, 0.4) is 0 Å². The Morgan fingerprint density at radius 2 is 2.17 bits per heavy atom. The van der Waals surface area contributed by atoms with Crippen LogP contribution in [0.15, 0.2) is 18.2 Å². The van der Waals surface area contributed by atoms with Gasteiger partial charge in [-0.15, -0.1) is 0 Å². The summed E-state index contributed by atoms with van der Waals surface area (Å²) in [5, 5.41) is 4.40. The van der Waals surface area contributed by atoms with Crippen LogP contribution in [-0.2, 0) is 18.3 Å². The van der Waals surface area contributed by atoms with Crippen molar-refractivity contribution in [2.75, 3.05) is 18.1 Å². The molecule has 6 heteroatoms. The van der Waals surface area contributed by atoms with Crippen LogP contribution in [0.5, 0.6) is 5.75 Å². The number of ether oxygens (including phenoxy) is 1. The molecule has 2 heterocycles. The molecule has 0 N–H and O–H groups in total. The van der Waals surface area contributed by atoms with Crippen molar-refractivity contribution in [3.8, 4) is 5.75 Å². The molecule has 1 amide bonds. The lowest BCUT2D eigenvalue weighted by molar-refractivity contribution is -0.122. The number of halogens is 1. The average molecular weight is 331 g/mol. The quantitative estimate of drug-likeness (QED) is 0.869. The van der Waals surface area contributed by atoms with Gasteiger partial charge in [-0.05, 0) is 38.0 Å². The van der Waals surface area contributed by atoms with Crippen LogP contribution in [-0.4, -0.2) is 28.8 Å². The van der Waals surface area contributed by atoms with Gasteiger partial charge in [0, 0.05) is 18.7 Å². The second-order valence-electron chi connectivity index (χ2n) is 6.30. The van der Waals surface area contributed by atoms with Crippen molar-refractivity contribution < 1.29 is 13.9 Å². The summed E-state index contributed by atoms with van der Waals surface area (Å²) in [5.41, 5.74) is 3.32. The molecule has 1 aromatic heterocycles. The van der Waals surface area contributed by atoms with E-state index < -0.39 is 5.82 Å². The largest absolute Gasteiger partial charge is 0.489 e. The van der Waals surface area contributed by atoms with Gasteiger partial charge in [0.25, 0.3) is 0 Å². The third-order valence-electron chi connectivity index (χ3n) is 4.65. The van der Waals surface area contributed by atoms with Crippen molar-refractivity contribution in [1.82, 2.24) is 9.78 Å². The topological polar surface area (TPSA) is 47.4 Å². The molecule has 128 valence electrons. The van der Waals surface area contributed by atoms with Crippen LogP contribution in [0.1, 0.15) is 23.9 Å². The van der Waals surface area contributed by atoms with Gasteiger partial charge >= 0.3 is 0 Å². The molecule has 0 saturated carbocycles. The maximum Gasteiger partial charge on any atom is 0.230 e. The van der Waals surface area contributed by atoms with E-state index in [2.05, 4.69) is 5.10 Å². The van der Waals surface area contributed by atoms with Crippen molar-refractivity contribution in [2.24, 2.45) is 13.0 Å².